The van der Waals surface area contributed by atoms with Gasteiger partial charge in [-0.2, -0.15) is 0 Å². The van der Waals surface area contributed by atoms with Crippen molar-refractivity contribution in [3.63, 3.8) is 0 Å². The highest BCUT2D eigenvalue weighted by Gasteiger charge is 2.22. The van der Waals surface area contributed by atoms with Gasteiger partial charge >= 0.3 is 5.97 Å². The van der Waals surface area contributed by atoms with E-state index in [4.69, 9.17) is 4.74 Å². The molecule has 2 rings (SSSR count). The standard InChI is InChI=1S/C18H18FNO4S/c1-3-25(23)16-7-5-4-6-15(16)18(22)24-12(2)17(21)20-14-10-8-13(19)9-11-14/h4-12H,3H2,1-2H3,(H,20,21)/t12-,25-/m0/s1. The number of anilines is 1. The largest absolute Gasteiger partial charge is 0.449 e. The minimum absolute atomic E-state index is 0.170. The Hall–Kier alpha value is -2.54. The van der Waals surface area contributed by atoms with Gasteiger partial charge in [-0.15, -0.1) is 0 Å². The van der Waals surface area contributed by atoms with Crippen molar-refractivity contribution in [3.05, 3.63) is 59.9 Å². The number of carbonyl (C=O) groups excluding carboxylic acids is 2. The van der Waals surface area contributed by atoms with Gasteiger partial charge in [-0.05, 0) is 43.3 Å². The molecule has 0 aliphatic carbocycles. The van der Waals surface area contributed by atoms with E-state index in [0.717, 1.165) is 0 Å². The molecule has 0 fully saturated rings. The van der Waals surface area contributed by atoms with Crippen LogP contribution in [0.25, 0.3) is 0 Å². The Balaban J connectivity index is 2.06. The average Bonchev–Trinajstić information content (AvgIpc) is 2.62. The summed E-state index contributed by atoms with van der Waals surface area (Å²) in [6, 6.07) is 11.7. The summed E-state index contributed by atoms with van der Waals surface area (Å²) in [4.78, 5) is 24.8. The monoisotopic (exact) mass is 363 g/mol. The van der Waals surface area contributed by atoms with Crippen LogP contribution in [0, 0.1) is 5.82 Å². The predicted molar refractivity (Wildman–Crippen MR) is 93.3 cm³/mol. The van der Waals surface area contributed by atoms with Gasteiger partial charge in [0.2, 0.25) is 0 Å². The van der Waals surface area contributed by atoms with E-state index >= 15 is 0 Å². The van der Waals surface area contributed by atoms with Crippen molar-refractivity contribution in [1.82, 2.24) is 0 Å². The summed E-state index contributed by atoms with van der Waals surface area (Å²) in [5.74, 6) is -1.32. The van der Waals surface area contributed by atoms with Crippen LogP contribution in [-0.2, 0) is 20.3 Å². The number of hydrogen-bond donors (Lipinski definition) is 1. The molecule has 0 heterocycles. The first kappa shape index (κ1) is 18.8. The third kappa shape index (κ3) is 4.96. The number of halogens is 1. The molecule has 1 N–H and O–H groups in total. The van der Waals surface area contributed by atoms with Crippen LogP contribution in [0.5, 0.6) is 0 Å². The Bertz CT molecular complexity index is 792. The zero-order valence-corrected chi connectivity index (χ0v) is 14.6. The molecule has 0 aliphatic heterocycles. The van der Waals surface area contributed by atoms with E-state index in [-0.39, 0.29) is 5.56 Å². The maximum Gasteiger partial charge on any atom is 0.340 e. The van der Waals surface area contributed by atoms with Crippen molar-refractivity contribution < 1.29 is 22.9 Å². The minimum atomic E-state index is -1.32. The van der Waals surface area contributed by atoms with Gasteiger partial charge in [0.05, 0.1) is 21.3 Å². The number of carbonyl (C=O) groups is 2. The van der Waals surface area contributed by atoms with Crippen molar-refractivity contribution in [2.45, 2.75) is 24.8 Å². The van der Waals surface area contributed by atoms with E-state index in [0.29, 0.717) is 16.3 Å². The van der Waals surface area contributed by atoms with E-state index in [1.807, 2.05) is 0 Å². The SMILES string of the molecule is CC[S@](=O)c1ccccc1C(=O)O[C@@H](C)C(=O)Nc1ccc(F)cc1. The van der Waals surface area contributed by atoms with Crippen molar-refractivity contribution in [3.8, 4) is 0 Å². The van der Waals surface area contributed by atoms with E-state index in [2.05, 4.69) is 5.32 Å². The number of esters is 1. The van der Waals surface area contributed by atoms with Gasteiger partial charge in [0, 0.05) is 11.4 Å². The summed E-state index contributed by atoms with van der Waals surface area (Å²) in [6.45, 7) is 3.17. The lowest BCUT2D eigenvalue weighted by Gasteiger charge is -2.15. The minimum Gasteiger partial charge on any atom is -0.449 e. The number of amides is 1. The van der Waals surface area contributed by atoms with Gasteiger partial charge in [-0.1, -0.05) is 19.1 Å². The summed E-state index contributed by atoms with van der Waals surface area (Å²) in [5.41, 5.74) is 0.561. The average molecular weight is 363 g/mol. The molecule has 0 aliphatic rings. The molecule has 2 atom stereocenters. The van der Waals surface area contributed by atoms with Crippen LogP contribution in [0.4, 0.5) is 10.1 Å². The fraction of sp³-hybridized carbons (Fsp3) is 0.222. The Labute approximate surface area is 147 Å². The van der Waals surface area contributed by atoms with Gasteiger partial charge < -0.3 is 10.1 Å². The first-order chi connectivity index (χ1) is 11.9. The Morgan fingerprint density at radius 3 is 2.44 bits per heavy atom. The number of nitrogens with one attached hydrogen (secondary N) is 1. The topological polar surface area (TPSA) is 72.5 Å². The molecule has 2 aromatic rings. The van der Waals surface area contributed by atoms with Gasteiger partial charge in [-0.3, -0.25) is 9.00 Å². The van der Waals surface area contributed by atoms with Crippen molar-refractivity contribution in [1.29, 1.82) is 0 Å². The molecular formula is C18H18FNO4S. The summed E-state index contributed by atoms with van der Waals surface area (Å²) in [5, 5.41) is 2.53. The quantitative estimate of drug-likeness (QED) is 0.801. The van der Waals surface area contributed by atoms with Crippen molar-refractivity contribution in [2.24, 2.45) is 0 Å². The van der Waals surface area contributed by atoms with E-state index in [1.54, 1.807) is 25.1 Å². The number of benzene rings is 2. The summed E-state index contributed by atoms with van der Waals surface area (Å²) < 4.78 is 30.1. The Morgan fingerprint density at radius 2 is 1.80 bits per heavy atom. The van der Waals surface area contributed by atoms with E-state index in [1.165, 1.54) is 37.3 Å². The lowest BCUT2D eigenvalue weighted by molar-refractivity contribution is -0.123. The lowest BCUT2D eigenvalue weighted by Crippen LogP contribution is -2.30. The molecule has 0 aromatic heterocycles. The molecule has 132 valence electrons. The zero-order valence-electron chi connectivity index (χ0n) is 13.8. The van der Waals surface area contributed by atoms with E-state index < -0.39 is 34.6 Å². The smallest absolute Gasteiger partial charge is 0.340 e. The highest BCUT2D eigenvalue weighted by atomic mass is 32.2. The van der Waals surface area contributed by atoms with Crippen LogP contribution < -0.4 is 5.32 Å². The second kappa shape index (κ2) is 8.53. The predicted octanol–water partition coefficient (Wildman–Crippen LogP) is 3.14. The second-order valence-electron chi connectivity index (χ2n) is 5.17. The van der Waals surface area contributed by atoms with Crippen LogP contribution in [0.3, 0.4) is 0 Å². The third-order valence-electron chi connectivity index (χ3n) is 3.38. The molecule has 0 radical (unpaired) electrons. The van der Waals surface area contributed by atoms with Crippen LogP contribution in [0.15, 0.2) is 53.4 Å². The van der Waals surface area contributed by atoms with E-state index in [9.17, 15) is 18.2 Å². The fourth-order valence-electron chi connectivity index (χ4n) is 2.04. The lowest BCUT2D eigenvalue weighted by atomic mass is 10.2. The molecule has 2 aromatic carbocycles. The Morgan fingerprint density at radius 1 is 1.16 bits per heavy atom. The number of ether oxygens (including phenoxy) is 1. The maximum absolute atomic E-state index is 12.9. The number of rotatable bonds is 6. The van der Waals surface area contributed by atoms with Crippen LogP contribution in [0.2, 0.25) is 0 Å². The first-order valence-corrected chi connectivity index (χ1v) is 8.99. The van der Waals surface area contributed by atoms with Crippen molar-refractivity contribution in [2.75, 3.05) is 11.1 Å². The number of hydrogen-bond acceptors (Lipinski definition) is 4. The molecule has 0 bridgehead atoms. The Kier molecular flexibility index (Phi) is 6.41. The molecule has 0 saturated heterocycles. The second-order valence-corrected chi connectivity index (χ2v) is 6.88. The molecule has 0 spiro atoms. The van der Waals surface area contributed by atoms with Crippen LogP contribution in [0.1, 0.15) is 24.2 Å². The molecule has 7 heteroatoms. The molecular weight excluding hydrogens is 345 g/mol. The summed E-state index contributed by atoms with van der Waals surface area (Å²) >= 11 is 0. The summed E-state index contributed by atoms with van der Waals surface area (Å²) in [6.07, 6.45) is -1.07. The molecule has 5 nitrogen and oxygen atoms in total. The first-order valence-electron chi connectivity index (χ1n) is 7.67. The van der Waals surface area contributed by atoms with Gasteiger partial charge in [0.1, 0.15) is 5.82 Å². The van der Waals surface area contributed by atoms with Crippen molar-refractivity contribution >= 4 is 28.4 Å². The molecule has 1 amide bonds. The molecule has 0 unspecified atom stereocenters. The van der Waals surface area contributed by atoms with Crippen LogP contribution >= 0.6 is 0 Å². The zero-order chi connectivity index (χ0) is 18.4. The highest BCUT2D eigenvalue weighted by Crippen LogP contribution is 2.16. The summed E-state index contributed by atoms with van der Waals surface area (Å²) in [7, 11) is -1.32. The molecule has 25 heavy (non-hydrogen) atoms. The highest BCUT2D eigenvalue weighted by molar-refractivity contribution is 7.85. The van der Waals surface area contributed by atoms with Gasteiger partial charge in [0.25, 0.3) is 5.91 Å². The van der Waals surface area contributed by atoms with Crippen LogP contribution in [-0.4, -0.2) is 27.9 Å². The maximum atomic E-state index is 12.9. The normalized spacial score (nSPS) is 12.9. The van der Waals surface area contributed by atoms with Gasteiger partial charge in [0.15, 0.2) is 6.10 Å². The third-order valence-corrected chi connectivity index (χ3v) is 4.75. The fourth-order valence-corrected chi connectivity index (χ4v) is 2.98. The molecule has 0 saturated carbocycles. The van der Waals surface area contributed by atoms with Gasteiger partial charge in [-0.25, -0.2) is 9.18 Å².